The van der Waals surface area contributed by atoms with Crippen LogP contribution in [0.15, 0.2) is 36.7 Å². The van der Waals surface area contributed by atoms with E-state index in [9.17, 15) is 4.79 Å². The summed E-state index contributed by atoms with van der Waals surface area (Å²) < 4.78 is 0. The molecule has 126 valence electrons. The van der Waals surface area contributed by atoms with Gasteiger partial charge in [-0.25, -0.2) is 14.8 Å². The van der Waals surface area contributed by atoms with Gasteiger partial charge in [0.15, 0.2) is 5.69 Å². The van der Waals surface area contributed by atoms with Crippen LogP contribution in [-0.4, -0.2) is 45.6 Å². The highest BCUT2D eigenvalue weighted by atomic mass is 16.4. The number of anilines is 1. The van der Waals surface area contributed by atoms with Gasteiger partial charge in [0.1, 0.15) is 5.82 Å². The molecule has 0 saturated carbocycles. The summed E-state index contributed by atoms with van der Waals surface area (Å²) in [6.07, 6.45) is 5.21. The Morgan fingerprint density at radius 2 is 1.92 bits per heavy atom. The number of carboxylic acid groups (broad SMARTS) is 1. The largest absolute Gasteiger partial charge is 0.476 e. The molecule has 24 heavy (non-hydrogen) atoms. The van der Waals surface area contributed by atoms with Crippen LogP contribution in [0, 0.1) is 6.92 Å². The van der Waals surface area contributed by atoms with E-state index in [0.717, 1.165) is 13.1 Å². The third kappa shape index (κ3) is 3.89. The summed E-state index contributed by atoms with van der Waals surface area (Å²) in [6, 6.07) is 8.91. The second kappa shape index (κ2) is 7.40. The van der Waals surface area contributed by atoms with Crippen LogP contribution >= 0.6 is 0 Å². The molecule has 3 rings (SSSR count). The SMILES string of the molecule is Cc1ccc(C(CNc2cnc(C(=O)O)cn2)N2CCCC2)cc1. The minimum absolute atomic E-state index is 0.0461. The number of nitrogens with one attached hydrogen (secondary N) is 1. The number of carbonyl (C=O) groups is 1. The monoisotopic (exact) mass is 326 g/mol. The second-order valence-electron chi connectivity index (χ2n) is 6.14. The van der Waals surface area contributed by atoms with Gasteiger partial charge in [0, 0.05) is 6.54 Å². The van der Waals surface area contributed by atoms with Crippen LogP contribution in [0.1, 0.15) is 40.5 Å². The maximum Gasteiger partial charge on any atom is 0.356 e. The quantitative estimate of drug-likeness (QED) is 0.850. The lowest BCUT2D eigenvalue weighted by Crippen LogP contribution is -2.31. The highest BCUT2D eigenvalue weighted by Crippen LogP contribution is 2.25. The maximum atomic E-state index is 10.8. The number of likely N-dealkylation sites (tertiary alicyclic amines) is 1. The average molecular weight is 326 g/mol. The van der Waals surface area contributed by atoms with Crippen molar-refractivity contribution in [3.63, 3.8) is 0 Å². The molecule has 0 spiro atoms. The molecule has 1 aromatic heterocycles. The van der Waals surface area contributed by atoms with Gasteiger partial charge in [0.05, 0.1) is 18.4 Å². The fourth-order valence-corrected chi connectivity index (χ4v) is 3.03. The fourth-order valence-electron chi connectivity index (χ4n) is 3.03. The molecule has 1 aliphatic rings. The van der Waals surface area contributed by atoms with Gasteiger partial charge >= 0.3 is 5.97 Å². The van der Waals surface area contributed by atoms with E-state index in [1.165, 1.54) is 36.4 Å². The van der Waals surface area contributed by atoms with Gasteiger partial charge in [0.25, 0.3) is 0 Å². The summed E-state index contributed by atoms with van der Waals surface area (Å²) >= 11 is 0. The van der Waals surface area contributed by atoms with E-state index in [-0.39, 0.29) is 11.7 Å². The molecule has 1 aliphatic heterocycles. The third-order valence-electron chi connectivity index (χ3n) is 4.39. The lowest BCUT2D eigenvalue weighted by molar-refractivity contribution is 0.0690. The molecular formula is C18H22N4O2. The van der Waals surface area contributed by atoms with Crippen molar-refractivity contribution in [1.29, 1.82) is 0 Å². The van der Waals surface area contributed by atoms with Crippen LogP contribution in [0.2, 0.25) is 0 Å². The first kappa shape index (κ1) is 16.4. The molecule has 2 heterocycles. The second-order valence-corrected chi connectivity index (χ2v) is 6.14. The number of nitrogens with zero attached hydrogens (tertiary/aromatic N) is 3. The zero-order chi connectivity index (χ0) is 16.9. The van der Waals surface area contributed by atoms with Gasteiger partial charge in [0.2, 0.25) is 0 Å². The summed E-state index contributed by atoms with van der Waals surface area (Å²) in [7, 11) is 0. The van der Waals surface area contributed by atoms with E-state index in [4.69, 9.17) is 5.11 Å². The molecule has 6 heteroatoms. The number of aromatic carboxylic acids is 1. The van der Waals surface area contributed by atoms with E-state index < -0.39 is 5.97 Å². The molecule has 0 aliphatic carbocycles. The van der Waals surface area contributed by atoms with Crippen molar-refractivity contribution in [2.75, 3.05) is 25.0 Å². The van der Waals surface area contributed by atoms with Crippen LogP contribution in [0.25, 0.3) is 0 Å². The van der Waals surface area contributed by atoms with Crippen LogP contribution in [-0.2, 0) is 0 Å². The Kier molecular flexibility index (Phi) is 5.05. The van der Waals surface area contributed by atoms with Gasteiger partial charge in [-0.15, -0.1) is 0 Å². The normalized spacial score (nSPS) is 16.0. The van der Waals surface area contributed by atoms with Gasteiger partial charge < -0.3 is 10.4 Å². The fraction of sp³-hybridized carbons (Fsp3) is 0.389. The molecule has 1 saturated heterocycles. The molecule has 6 nitrogen and oxygen atoms in total. The molecule has 0 bridgehead atoms. The molecule has 1 atom stereocenters. The number of carboxylic acids is 1. The Bertz CT molecular complexity index is 679. The molecule has 1 unspecified atom stereocenters. The standard InChI is InChI=1S/C18H22N4O2/c1-13-4-6-14(7-5-13)16(22-8-2-3-9-22)11-21-17-12-19-15(10-20-17)18(23)24/h4-7,10,12,16H,2-3,8-9,11H2,1H3,(H,20,21)(H,23,24). The van der Waals surface area contributed by atoms with E-state index in [1.807, 2.05) is 0 Å². The predicted molar refractivity (Wildman–Crippen MR) is 92.2 cm³/mol. The van der Waals surface area contributed by atoms with Gasteiger partial charge in [-0.1, -0.05) is 29.8 Å². The zero-order valence-electron chi connectivity index (χ0n) is 13.8. The highest BCUT2D eigenvalue weighted by molar-refractivity contribution is 5.84. The number of rotatable bonds is 6. The number of benzene rings is 1. The zero-order valence-corrected chi connectivity index (χ0v) is 13.8. The van der Waals surface area contributed by atoms with Crippen molar-refractivity contribution in [2.24, 2.45) is 0 Å². The molecule has 2 N–H and O–H groups in total. The Balaban J connectivity index is 1.71. The van der Waals surface area contributed by atoms with Crippen LogP contribution in [0.3, 0.4) is 0 Å². The van der Waals surface area contributed by atoms with Crippen LogP contribution < -0.4 is 5.32 Å². The van der Waals surface area contributed by atoms with E-state index in [0.29, 0.717) is 12.4 Å². The Morgan fingerprint density at radius 3 is 2.50 bits per heavy atom. The first-order chi connectivity index (χ1) is 11.6. The maximum absolute atomic E-state index is 10.8. The number of hydrogen-bond donors (Lipinski definition) is 2. The van der Waals surface area contributed by atoms with E-state index >= 15 is 0 Å². The molecule has 1 fully saturated rings. The van der Waals surface area contributed by atoms with Crippen molar-refractivity contribution in [1.82, 2.24) is 14.9 Å². The van der Waals surface area contributed by atoms with Crippen molar-refractivity contribution in [3.05, 3.63) is 53.5 Å². The van der Waals surface area contributed by atoms with Crippen molar-refractivity contribution >= 4 is 11.8 Å². The number of hydrogen-bond acceptors (Lipinski definition) is 5. The summed E-state index contributed by atoms with van der Waals surface area (Å²) in [5.74, 6) is -0.472. The smallest absolute Gasteiger partial charge is 0.356 e. The first-order valence-electron chi connectivity index (χ1n) is 8.23. The van der Waals surface area contributed by atoms with Gasteiger partial charge in [-0.2, -0.15) is 0 Å². The van der Waals surface area contributed by atoms with Crippen molar-refractivity contribution in [3.8, 4) is 0 Å². The summed E-state index contributed by atoms with van der Waals surface area (Å²) in [5, 5.41) is 12.2. The summed E-state index contributed by atoms with van der Waals surface area (Å²) in [6.45, 7) is 5.00. The minimum atomic E-state index is -1.07. The molecule has 0 amide bonds. The molecular weight excluding hydrogens is 304 g/mol. The topological polar surface area (TPSA) is 78.3 Å². The molecule has 2 aromatic rings. The van der Waals surface area contributed by atoms with Gasteiger partial charge in [-0.05, 0) is 38.4 Å². The minimum Gasteiger partial charge on any atom is -0.476 e. The number of aryl methyl sites for hydroxylation is 1. The molecule has 1 aromatic carbocycles. The van der Waals surface area contributed by atoms with Crippen LogP contribution in [0.4, 0.5) is 5.82 Å². The number of aromatic nitrogens is 2. The first-order valence-corrected chi connectivity index (χ1v) is 8.23. The third-order valence-corrected chi connectivity index (χ3v) is 4.39. The van der Waals surface area contributed by atoms with Crippen molar-refractivity contribution < 1.29 is 9.90 Å². The lowest BCUT2D eigenvalue weighted by atomic mass is 10.0. The van der Waals surface area contributed by atoms with Crippen molar-refractivity contribution in [2.45, 2.75) is 25.8 Å². The molecule has 0 radical (unpaired) electrons. The summed E-state index contributed by atoms with van der Waals surface area (Å²) in [5.41, 5.74) is 2.49. The van der Waals surface area contributed by atoms with Crippen LogP contribution in [0.5, 0.6) is 0 Å². The lowest BCUT2D eigenvalue weighted by Gasteiger charge is -2.28. The summed E-state index contributed by atoms with van der Waals surface area (Å²) in [4.78, 5) is 21.4. The van der Waals surface area contributed by atoms with E-state index in [1.54, 1.807) is 0 Å². The van der Waals surface area contributed by atoms with Gasteiger partial charge in [-0.3, -0.25) is 4.90 Å². The highest BCUT2D eigenvalue weighted by Gasteiger charge is 2.23. The Morgan fingerprint density at radius 1 is 1.21 bits per heavy atom. The predicted octanol–water partition coefficient (Wildman–Crippen LogP) is 2.73. The van der Waals surface area contributed by atoms with E-state index in [2.05, 4.69) is 51.4 Å². The Labute approximate surface area is 141 Å². The average Bonchev–Trinajstić information content (AvgIpc) is 3.11. The Hall–Kier alpha value is -2.47.